The summed E-state index contributed by atoms with van der Waals surface area (Å²) in [7, 11) is 0. The summed E-state index contributed by atoms with van der Waals surface area (Å²) in [6, 6.07) is 1.58. The Bertz CT molecular complexity index is 398. The first kappa shape index (κ1) is 6.42. The van der Waals surface area contributed by atoms with Gasteiger partial charge in [-0.3, -0.25) is 0 Å². The van der Waals surface area contributed by atoms with Crippen LogP contribution in [0.3, 0.4) is 0 Å². The largest absolute Gasteiger partial charge is 0.493 e. The molecule has 0 radical (unpaired) electrons. The van der Waals surface area contributed by atoms with Gasteiger partial charge in [-0.15, -0.1) is 0 Å². The Hall–Kier alpha value is -1.29. The summed E-state index contributed by atoms with van der Waals surface area (Å²) in [5.41, 5.74) is 0. The average molecular weight is 170 g/mol. The second kappa shape index (κ2) is 2.10. The van der Waals surface area contributed by atoms with E-state index in [1.807, 2.05) is 0 Å². The van der Waals surface area contributed by atoms with Crippen molar-refractivity contribution in [3.8, 4) is 5.88 Å². The molecule has 0 atom stereocenters. The molecule has 0 spiro atoms. The minimum absolute atomic E-state index is 0.00176. The van der Waals surface area contributed by atoms with Crippen molar-refractivity contribution in [1.29, 1.82) is 0 Å². The van der Waals surface area contributed by atoms with Gasteiger partial charge < -0.3 is 5.11 Å². The molecule has 56 valence electrons. The van der Waals surface area contributed by atoms with E-state index in [-0.39, 0.29) is 5.88 Å². The Morgan fingerprint density at radius 1 is 1.45 bits per heavy atom. The maximum Gasteiger partial charge on any atom is 0.237 e. The molecule has 0 amide bonds. The van der Waals surface area contributed by atoms with E-state index in [4.69, 9.17) is 16.7 Å². The molecule has 4 nitrogen and oxygen atoms in total. The predicted molar refractivity (Wildman–Crippen MR) is 39.7 cm³/mol. The third-order valence-corrected chi connectivity index (χ3v) is 1.64. The third-order valence-electron chi connectivity index (χ3n) is 1.34. The lowest BCUT2D eigenvalue weighted by atomic mass is 10.6. The van der Waals surface area contributed by atoms with Gasteiger partial charge in [-0.25, -0.2) is 14.4 Å². The molecule has 0 saturated carbocycles. The number of hydrogen-bond donors (Lipinski definition) is 1. The Balaban J connectivity index is 2.96. The quantitative estimate of drug-likeness (QED) is 0.601. The van der Waals surface area contributed by atoms with Gasteiger partial charge in [-0.05, 0) is 6.07 Å². The Morgan fingerprint density at radius 2 is 2.27 bits per heavy atom. The highest BCUT2D eigenvalue weighted by molar-refractivity contribution is 6.29. The molecule has 2 rings (SSSR count). The van der Waals surface area contributed by atoms with Crippen LogP contribution >= 0.6 is 11.6 Å². The molecule has 0 aliphatic rings. The number of aromatic hydroxyl groups is 1. The lowest BCUT2D eigenvalue weighted by Gasteiger charge is -1.95. The molecule has 2 heterocycles. The van der Waals surface area contributed by atoms with E-state index < -0.39 is 0 Å². The van der Waals surface area contributed by atoms with Crippen LogP contribution < -0.4 is 0 Å². The summed E-state index contributed by atoms with van der Waals surface area (Å²) in [4.78, 5) is 7.67. The molecule has 0 aliphatic heterocycles. The maximum atomic E-state index is 9.17. The van der Waals surface area contributed by atoms with Crippen LogP contribution in [0.1, 0.15) is 0 Å². The molecular weight excluding hydrogens is 166 g/mol. The number of imidazole rings is 1. The van der Waals surface area contributed by atoms with Crippen LogP contribution in [-0.2, 0) is 0 Å². The Labute approximate surface area is 67.1 Å². The predicted octanol–water partition coefficient (Wildman–Crippen LogP) is 1.09. The number of aromatic nitrogens is 3. The molecule has 0 aromatic carbocycles. The molecule has 5 heteroatoms. The van der Waals surface area contributed by atoms with Gasteiger partial charge in [0.2, 0.25) is 11.7 Å². The van der Waals surface area contributed by atoms with Gasteiger partial charge in [0.1, 0.15) is 5.15 Å². The van der Waals surface area contributed by atoms with Gasteiger partial charge in [0, 0.05) is 6.20 Å². The molecule has 0 unspecified atom stereocenters. The van der Waals surface area contributed by atoms with Crippen molar-refractivity contribution >= 4 is 17.4 Å². The standard InChI is InChI=1S/C6H4ClN3O/c7-4-1-2-8-6-9-3-5(11)10(4)6/h1-3,11H. The summed E-state index contributed by atoms with van der Waals surface area (Å²) in [6.07, 6.45) is 2.83. The van der Waals surface area contributed by atoms with Gasteiger partial charge in [0.15, 0.2) is 0 Å². The van der Waals surface area contributed by atoms with Gasteiger partial charge in [0.05, 0.1) is 6.20 Å². The number of nitrogens with zero attached hydrogens (tertiary/aromatic N) is 3. The Kier molecular flexibility index (Phi) is 1.22. The fourth-order valence-corrected chi connectivity index (χ4v) is 1.09. The number of hydrogen-bond acceptors (Lipinski definition) is 3. The minimum atomic E-state index is -0.00176. The number of fused-ring (bicyclic) bond motifs is 1. The first-order chi connectivity index (χ1) is 5.29. The second-order valence-corrected chi connectivity index (χ2v) is 2.41. The van der Waals surface area contributed by atoms with E-state index in [1.54, 1.807) is 6.07 Å². The van der Waals surface area contributed by atoms with Crippen molar-refractivity contribution in [3.05, 3.63) is 23.6 Å². The molecule has 2 aromatic rings. The van der Waals surface area contributed by atoms with Crippen LogP contribution in [0, 0.1) is 0 Å². The van der Waals surface area contributed by atoms with Crippen LogP contribution in [0.15, 0.2) is 18.5 Å². The van der Waals surface area contributed by atoms with Gasteiger partial charge in [0.25, 0.3) is 0 Å². The molecule has 0 saturated heterocycles. The smallest absolute Gasteiger partial charge is 0.237 e. The normalized spacial score (nSPS) is 10.6. The van der Waals surface area contributed by atoms with Crippen LogP contribution in [0.2, 0.25) is 5.15 Å². The second-order valence-electron chi connectivity index (χ2n) is 2.02. The SMILES string of the molecule is Oc1cnc2nccc(Cl)n12. The lowest BCUT2D eigenvalue weighted by molar-refractivity contribution is 0.448. The van der Waals surface area contributed by atoms with Crippen LogP contribution in [0.25, 0.3) is 5.78 Å². The van der Waals surface area contributed by atoms with Crippen LogP contribution in [-0.4, -0.2) is 19.5 Å². The summed E-state index contributed by atoms with van der Waals surface area (Å²) in [5.74, 6) is 0.396. The van der Waals surface area contributed by atoms with E-state index in [9.17, 15) is 0 Å². The van der Waals surface area contributed by atoms with E-state index >= 15 is 0 Å². The fraction of sp³-hybridized carbons (Fsp3) is 0. The molecule has 0 fully saturated rings. The van der Waals surface area contributed by atoms with Crippen molar-refractivity contribution in [2.45, 2.75) is 0 Å². The van der Waals surface area contributed by atoms with Crippen molar-refractivity contribution < 1.29 is 5.11 Å². The zero-order valence-corrected chi connectivity index (χ0v) is 6.15. The molecule has 1 N–H and O–H groups in total. The maximum absolute atomic E-state index is 9.17. The first-order valence-corrected chi connectivity index (χ1v) is 3.34. The average Bonchev–Trinajstić information content (AvgIpc) is 2.34. The Morgan fingerprint density at radius 3 is 3.00 bits per heavy atom. The van der Waals surface area contributed by atoms with Gasteiger partial charge in [-0.1, -0.05) is 11.6 Å². The highest BCUT2D eigenvalue weighted by Crippen LogP contribution is 2.16. The van der Waals surface area contributed by atoms with Crippen LogP contribution in [0.4, 0.5) is 0 Å². The monoisotopic (exact) mass is 169 g/mol. The van der Waals surface area contributed by atoms with Crippen LogP contribution in [0.5, 0.6) is 5.88 Å². The zero-order valence-electron chi connectivity index (χ0n) is 5.40. The topological polar surface area (TPSA) is 50.4 Å². The van der Waals surface area contributed by atoms with E-state index in [0.717, 1.165) is 0 Å². The zero-order chi connectivity index (χ0) is 7.84. The highest BCUT2D eigenvalue weighted by Gasteiger charge is 2.03. The summed E-state index contributed by atoms with van der Waals surface area (Å²) in [6.45, 7) is 0. The summed E-state index contributed by atoms with van der Waals surface area (Å²) < 4.78 is 1.35. The molecule has 0 aliphatic carbocycles. The van der Waals surface area contributed by atoms with E-state index in [1.165, 1.54) is 16.8 Å². The summed E-state index contributed by atoms with van der Waals surface area (Å²) >= 11 is 5.73. The third kappa shape index (κ3) is 0.832. The van der Waals surface area contributed by atoms with E-state index in [2.05, 4.69) is 9.97 Å². The lowest BCUT2D eigenvalue weighted by Crippen LogP contribution is -1.88. The number of halogens is 1. The van der Waals surface area contributed by atoms with Crippen molar-refractivity contribution in [3.63, 3.8) is 0 Å². The highest BCUT2D eigenvalue weighted by atomic mass is 35.5. The minimum Gasteiger partial charge on any atom is -0.493 e. The van der Waals surface area contributed by atoms with Crippen molar-refractivity contribution in [1.82, 2.24) is 14.4 Å². The van der Waals surface area contributed by atoms with E-state index in [0.29, 0.717) is 10.9 Å². The molecule has 2 aromatic heterocycles. The molecule has 0 bridgehead atoms. The molecular formula is C6H4ClN3O. The van der Waals surface area contributed by atoms with Gasteiger partial charge in [-0.2, -0.15) is 0 Å². The fourth-order valence-electron chi connectivity index (χ4n) is 0.869. The first-order valence-electron chi connectivity index (χ1n) is 2.96. The van der Waals surface area contributed by atoms with Gasteiger partial charge >= 0.3 is 0 Å². The van der Waals surface area contributed by atoms with Crippen molar-refractivity contribution in [2.75, 3.05) is 0 Å². The molecule has 11 heavy (non-hydrogen) atoms. The van der Waals surface area contributed by atoms with Crippen molar-refractivity contribution in [2.24, 2.45) is 0 Å². The summed E-state index contributed by atoms with van der Waals surface area (Å²) in [5, 5.41) is 9.56. The number of rotatable bonds is 0.